The summed E-state index contributed by atoms with van der Waals surface area (Å²) in [6, 6.07) is 0. The molecule has 0 aromatic carbocycles. The SMILES string of the molecule is CCC(C(N)=S)S(=O)(=O)NN1CCN(C)CC1. The highest BCUT2D eigenvalue weighted by atomic mass is 32.2. The van der Waals surface area contributed by atoms with E-state index in [1.54, 1.807) is 11.9 Å². The summed E-state index contributed by atoms with van der Waals surface area (Å²) < 4.78 is 24.0. The fourth-order valence-electron chi connectivity index (χ4n) is 1.71. The fourth-order valence-corrected chi connectivity index (χ4v) is 3.68. The Hall–Kier alpha value is -0.280. The Bertz CT molecular complexity index is 363. The Morgan fingerprint density at radius 3 is 2.35 bits per heavy atom. The second-order valence-corrected chi connectivity index (χ2v) is 6.54. The van der Waals surface area contributed by atoms with Gasteiger partial charge in [-0.2, -0.15) is 0 Å². The molecule has 1 atom stereocenters. The van der Waals surface area contributed by atoms with Crippen LogP contribution in [-0.2, 0) is 10.0 Å². The van der Waals surface area contributed by atoms with Gasteiger partial charge in [-0.3, -0.25) is 0 Å². The van der Waals surface area contributed by atoms with Crippen molar-refractivity contribution >= 4 is 27.2 Å². The predicted molar refractivity (Wildman–Crippen MR) is 72.0 cm³/mol. The maximum Gasteiger partial charge on any atom is 0.233 e. The first kappa shape index (κ1) is 14.8. The Kier molecular flexibility index (Phi) is 5.26. The number of nitrogens with zero attached hydrogens (tertiary/aromatic N) is 2. The van der Waals surface area contributed by atoms with Gasteiger partial charge in [0.05, 0.1) is 4.99 Å². The Balaban J connectivity index is 2.63. The van der Waals surface area contributed by atoms with E-state index in [-0.39, 0.29) is 4.99 Å². The summed E-state index contributed by atoms with van der Waals surface area (Å²) in [4.78, 5) is 4.73. The molecule has 6 nitrogen and oxygen atoms in total. The summed E-state index contributed by atoms with van der Waals surface area (Å²) >= 11 is 4.78. The van der Waals surface area contributed by atoms with E-state index in [1.165, 1.54) is 0 Å². The zero-order valence-electron chi connectivity index (χ0n) is 10.2. The van der Waals surface area contributed by atoms with E-state index in [2.05, 4.69) is 9.73 Å². The van der Waals surface area contributed by atoms with E-state index in [4.69, 9.17) is 18.0 Å². The molecule has 0 saturated carbocycles. The molecule has 1 saturated heterocycles. The summed E-state index contributed by atoms with van der Waals surface area (Å²) in [5.41, 5.74) is 5.45. The molecule has 3 N–H and O–H groups in total. The first-order valence-electron chi connectivity index (χ1n) is 5.61. The van der Waals surface area contributed by atoms with Crippen LogP contribution in [0.3, 0.4) is 0 Å². The van der Waals surface area contributed by atoms with Crippen molar-refractivity contribution in [1.29, 1.82) is 0 Å². The van der Waals surface area contributed by atoms with Crippen LogP contribution in [0.1, 0.15) is 13.3 Å². The number of hydrogen-bond donors (Lipinski definition) is 2. The second kappa shape index (κ2) is 6.05. The number of nitrogens with one attached hydrogen (secondary N) is 1. The number of piperazine rings is 1. The summed E-state index contributed by atoms with van der Waals surface area (Å²) in [7, 11) is -1.49. The topological polar surface area (TPSA) is 78.7 Å². The maximum absolute atomic E-state index is 12.0. The van der Waals surface area contributed by atoms with Crippen LogP contribution in [0.5, 0.6) is 0 Å². The molecule has 0 spiro atoms. The van der Waals surface area contributed by atoms with E-state index in [1.807, 2.05) is 7.05 Å². The lowest BCUT2D eigenvalue weighted by molar-refractivity contribution is 0.134. The van der Waals surface area contributed by atoms with Crippen LogP contribution in [0.15, 0.2) is 0 Å². The molecule has 8 heteroatoms. The van der Waals surface area contributed by atoms with Crippen LogP contribution >= 0.6 is 12.2 Å². The molecule has 1 heterocycles. The predicted octanol–water partition coefficient (Wildman–Crippen LogP) is -0.867. The molecule has 0 aromatic heterocycles. The van der Waals surface area contributed by atoms with Gasteiger partial charge in [-0.1, -0.05) is 19.1 Å². The van der Waals surface area contributed by atoms with Crippen LogP contribution in [0, 0.1) is 0 Å². The van der Waals surface area contributed by atoms with Crippen molar-refractivity contribution in [3.63, 3.8) is 0 Å². The highest BCUT2D eigenvalue weighted by Crippen LogP contribution is 2.07. The molecule has 17 heavy (non-hydrogen) atoms. The number of nitrogens with two attached hydrogens (primary N) is 1. The lowest BCUT2D eigenvalue weighted by Gasteiger charge is -2.33. The fraction of sp³-hybridized carbons (Fsp3) is 0.889. The maximum atomic E-state index is 12.0. The molecule has 0 amide bonds. The van der Waals surface area contributed by atoms with Gasteiger partial charge >= 0.3 is 0 Å². The van der Waals surface area contributed by atoms with Crippen LogP contribution in [0.25, 0.3) is 0 Å². The van der Waals surface area contributed by atoms with Gasteiger partial charge < -0.3 is 10.6 Å². The van der Waals surface area contributed by atoms with Crippen molar-refractivity contribution < 1.29 is 8.42 Å². The van der Waals surface area contributed by atoms with Crippen LogP contribution in [0.2, 0.25) is 0 Å². The van der Waals surface area contributed by atoms with Crippen molar-refractivity contribution in [2.45, 2.75) is 18.6 Å². The van der Waals surface area contributed by atoms with E-state index in [0.717, 1.165) is 13.1 Å². The molecule has 0 bridgehead atoms. The quantitative estimate of drug-likeness (QED) is 0.638. The van der Waals surface area contributed by atoms with E-state index < -0.39 is 15.3 Å². The number of thiocarbonyl (C=S) groups is 1. The molecule has 0 radical (unpaired) electrons. The van der Waals surface area contributed by atoms with Gasteiger partial charge in [0.25, 0.3) is 0 Å². The summed E-state index contributed by atoms with van der Waals surface area (Å²) in [5.74, 6) is 0. The molecule has 0 aromatic rings. The van der Waals surface area contributed by atoms with Gasteiger partial charge in [0, 0.05) is 26.2 Å². The Labute approximate surface area is 108 Å². The van der Waals surface area contributed by atoms with Crippen molar-refractivity contribution in [3.8, 4) is 0 Å². The molecule has 1 unspecified atom stereocenters. The van der Waals surface area contributed by atoms with Crippen molar-refractivity contribution in [2.24, 2.45) is 5.73 Å². The van der Waals surface area contributed by atoms with Gasteiger partial charge in [-0.15, -0.1) is 4.83 Å². The Morgan fingerprint density at radius 2 is 1.94 bits per heavy atom. The molecule has 1 aliphatic rings. The van der Waals surface area contributed by atoms with Crippen molar-refractivity contribution in [2.75, 3.05) is 33.2 Å². The van der Waals surface area contributed by atoms with Gasteiger partial charge in [-0.25, -0.2) is 13.4 Å². The average Bonchev–Trinajstić information content (AvgIpc) is 2.21. The third-order valence-electron chi connectivity index (χ3n) is 2.82. The number of hydrazine groups is 1. The highest BCUT2D eigenvalue weighted by Gasteiger charge is 2.29. The largest absolute Gasteiger partial charge is 0.392 e. The minimum Gasteiger partial charge on any atom is -0.392 e. The minimum absolute atomic E-state index is 0.0223. The van der Waals surface area contributed by atoms with Crippen molar-refractivity contribution in [3.05, 3.63) is 0 Å². The smallest absolute Gasteiger partial charge is 0.233 e. The first-order chi connectivity index (χ1) is 7.86. The van der Waals surface area contributed by atoms with E-state index in [0.29, 0.717) is 19.5 Å². The zero-order valence-corrected chi connectivity index (χ0v) is 11.9. The Morgan fingerprint density at radius 1 is 1.41 bits per heavy atom. The normalized spacial score (nSPS) is 21.3. The minimum atomic E-state index is -3.50. The lowest BCUT2D eigenvalue weighted by atomic mass is 10.3. The molecule has 1 rings (SSSR count). The number of sulfonamides is 1. The number of likely N-dealkylation sites (N-methyl/N-ethyl adjacent to an activating group) is 1. The standard InChI is InChI=1S/C9H20N4O2S2/c1-3-8(9(10)16)17(14,15)11-13-6-4-12(2)5-7-13/h8,11H,3-7H2,1-2H3,(H2,10,16). The molecule has 1 fully saturated rings. The third kappa shape index (κ3) is 4.14. The lowest BCUT2D eigenvalue weighted by Crippen LogP contribution is -2.55. The van der Waals surface area contributed by atoms with Gasteiger partial charge in [0.15, 0.2) is 0 Å². The molecule has 1 aliphatic heterocycles. The average molecular weight is 280 g/mol. The summed E-state index contributed by atoms with van der Waals surface area (Å²) in [5, 5.41) is 0.910. The first-order valence-corrected chi connectivity index (χ1v) is 7.56. The molecular weight excluding hydrogens is 260 g/mol. The molecular formula is C9H20N4O2S2. The highest BCUT2D eigenvalue weighted by molar-refractivity contribution is 7.93. The van der Waals surface area contributed by atoms with Crippen molar-refractivity contribution in [1.82, 2.24) is 14.7 Å². The van der Waals surface area contributed by atoms with E-state index in [9.17, 15) is 8.42 Å². The van der Waals surface area contributed by atoms with Crippen LogP contribution in [0.4, 0.5) is 0 Å². The zero-order chi connectivity index (χ0) is 13.1. The second-order valence-electron chi connectivity index (χ2n) is 4.23. The molecule has 0 aliphatic carbocycles. The number of rotatable bonds is 5. The number of hydrogen-bond acceptors (Lipinski definition) is 5. The van der Waals surface area contributed by atoms with Crippen LogP contribution < -0.4 is 10.6 Å². The van der Waals surface area contributed by atoms with Gasteiger partial charge in [0.2, 0.25) is 10.0 Å². The monoisotopic (exact) mass is 280 g/mol. The van der Waals surface area contributed by atoms with Crippen LogP contribution in [-0.4, -0.2) is 61.8 Å². The summed E-state index contributed by atoms with van der Waals surface area (Å²) in [6.45, 7) is 4.78. The van der Waals surface area contributed by atoms with E-state index >= 15 is 0 Å². The third-order valence-corrected chi connectivity index (χ3v) is 5.11. The van der Waals surface area contributed by atoms with Gasteiger partial charge in [-0.05, 0) is 13.5 Å². The molecule has 100 valence electrons. The van der Waals surface area contributed by atoms with Gasteiger partial charge in [0.1, 0.15) is 5.25 Å². The summed E-state index contributed by atoms with van der Waals surface area (Å²) in [6.07, 6.45) is 0.387.